The highest BCUT2D eigenvalue weighted by Crippen LogP contribution is 2.23. The molecule has 0 saturated carbocycles. The first-order chi connectivity index (χ1) is 13.2. The maximum atomic E-state index is 12.4. The van der Waals surface area contributed by atoms with E-state index < -0.39 is 0 Å². The highest BCUT2D eigenvalue weighted by molar-refractivity contribution is 5.99. The molecule has 0 aliphatic rings. The summed E-state index contributed by atoms with van der Waals surface area (Å²) in [6.07, 6.45) is 0. The van der Waals surface area contributed by atoms with Gasteiger partial charge in [0.1, 0.15) is 0 Å². The molecule has 3 N–H and O–H groups in total. The Labute approximate surface area is 154 Å². The average molecular weight is 362 g/mol. The minimum Gasteiger partial charge on any atom is -0.383 e. The summed E-state index contributed by atoms with van der Waals surface area (Å²) >= 11 is 0. The van der Waals surface area contributed by atoms with E-state index in [0.717, 1.165) is 10.9 Å². The molecule has 0 saturated heterocycles. The number of aromatic nitrogens is 3. The molecule has 0 aliphatic carbocycles. The van der Waals surface area contributed by atoms with E-state index in [9.17, 15) is 9.59 Å². The molecule has 7 heteroatoms. The summed E-state index contributed by atoms with van der Waals surface area (Å²) in [4.78, 5) is 35.1. The fourth-order valence-corrected chi connectivity index (χ4v) is 2.98. The van der Waals surface area contributed by atoms with Crippen LogP contribution in [0.25, 0.3) is 33.3 Å². The van der Waals surface area contributed by atoms with E-state index in [4.69, 9.17) is 4.74 Å². The standard InChI is InChI=1S/C20H18N4O3/c1-27-9-8-21-19(25)12-6-7-14-13(10-12)11-17(22-14)18-20(26)24-16-5-3-2-4-15(16)23-18/h2-7,10-11,22H,8-9H2,1H3,(H,21,25)(H,24,26). The summed E-state index contributed by atoms with van der Waals surface area (Å²) in [6, 6.07) is 14.5. The fourth-order valence-electron chi connectivity index (χ4n) is 2.98. The first-order valence-electron chi connectivity index (χ1n) is 8.55. The number of amides is 1. The number of ether oxygens (including phenoxy) is 1. The molecule has 0 aliphatic heterocycles. The molecular weight excluding hydrogens is 344 g/mol. The molecule has 136 valence electrons. The first kappa shape index (κ1) is 17.0. The van der Waals surface area contributed by atoms with Crippen molar-refractivity contribution in [1.82, 2.24) is 20.3 Å². The number of methoxy groups -OCH3 is 1. The minimum absolute atomic E-state index is 0.168. The summed E-state index contributed by atoms with van der Waals surface area (Å²) < 4.78 is 4.93. The van der Waals surface area contributed by atoms with Crippen LogP contribution in [-0.2, 0) is 4.74 Å². The number of rotatable bonds is 5. The topological polar surface area (TPSA) is 99.9 Å². The van der Waals surface area contributed by atoms with Crippen molar-refractivity contribution in [2.75, 3.05) is 20.3 Å². The SMILES string of the molecule is COCCNC(=O)c1ccc2[nH]c(-c3nc4ccccc4[nH]c3=O)cc2c1. The number of nitrogens with one attached hydrogen (secondary N) is 3. The van der Waals surface area contributed by atoms with Crippen LogP contribution in [0.1, 0.15) is 10.4 Å². The van der Waals surface area contributed by atoms with Crippen LogP contribution in [-0.4, -0.2) is 41.1 Å². The van der Waals surface area contributed by atoms with Crippen molar-refractivity contribution in [2.24, 2.45) is 0 Å². The zero-order valence-corrected chi connectivity index (χ0v) is 14.7. The van der Waals surface area contributed by atoms with Crippen molar-refractivity contribution in [1.29, 1.82) is 0 Å². The predicted molar refractivity (Wildman–Crippen MR) is 104 cm³/mol. The van der Waals surface area contributed by atoms with Crippen LogP contribution >= 0.6 is 0 Å². The number of H-pyrrole nitrogens is 2. The van der Waals surface area contributed by atoms with E-state index in [0.29, 0.717) is 41.1 Å². The molecule has 0 fully saturated rings. The van der Waals surface area contributed by atoms with E-state index in [1.54, 1.807) is 19.2 Å². The van der Waals surface area contributed by atoms with Crippen molar-refractivity contribution in [3.63, 3.8) is 0 Å². The zero-order valence-electron chi connectivity index (χ0n) is 14.7. The van der Waals surface area contributed by atoms with Crippen molar-refractivity contribution >= 4 is 27.8 Å². The largest absolute Gasteiger partial charge is 0.383 e. The van der Waals surface area contributed by atoms with E-state index in [2.05, 4.69) is 20.3 Å². The minimum atomic E-state index is -0.266. The van der Waals surface area contributed by atoms with Crippen LogP contribution < -0.4 is 10.9 Å². The number of carbonyl (C=O) groups is 1. The molecule has 0 radical (unpaired) electrons. The van der Waals surface area contributed by atoms with E-state index in [-0.39, 0.29) is 11.5 Å². The summed E-state index contributed by atoms with van der Waals surface area (Å²) in [5.74, 6) is -0.168. The van der Waals surface area contributed by atoms with Crippen LogP contribution in [0.15, 0.2) is 53.3 Å². The Morgan fingerprint density at radius 2 is 1.96 bits per heavy atom. The summed E-state index contributed by atoms with van der Waals surface area (Å²) in [7, 11) is 1.59. The lowest BCUT2D eigenvalue weighted by Gasteiger charge is -2.04. The summed E-state index contributed by atoms with van der Waals surface area (Å²) in [6.45, 7) is 0.904. The summed E-state index contributed by atoms with van der Waals surface area (Å²) in [5.41, 5.74) is 3.43. The lowest BCUT2D eigenvalue weighted by Crippen LogP contribution is -2.26. The number of aromatic amines is 2. The van der Waals surface area contributed by atoms with Gasteiger partial charge in [-0.25, -0.2) is 4.98 Å². The molecule has 0 bridgehead atoms. The van der Waals surface area contributed by atoms with E-state index in [1.807, 2.05) is 36.4 Å². The van der Waals surface area contributed by atoms with Gasteiger partial charge in [-0.1, -0.05) is 12.1 Å². The second-order valence-electron chi connectivity index (χ2n) is 6.17. The van der Waals surface area contributed by atoms with Gasteiger partial charge in [-0.3, -0.25) is 9.59 Å². The van der Waals surface area contributed by atoms with Gasteiger partial charge in [-0.15, -0.1) is 0 Å². The Morgan fingerprint density at radius 3 is 2.81 bits per heavy atom. The number of hydrogen-bond donors (Lipinski definition) is 3. The van der Waals surface area contributed by atoms with Gasteiger partial charge in [0.05, 0.1) is 23.3 Å². The molecule has 0 unspecified atom stereocenters. The van der Waals surface area contributed by atoms with Crippen LogP contribution in [0, 0.1) is 0 Å². The van der Waals surface area contributed by atoms with Crippen molar-refractivity contribution < 1.29 is 9.53 Å². The number of para-hydroxylation sites is 2. The molecule has 2 heterocycles. The highest BCUT2D eigenvalue weighted by atomic mass is 16.5. The van der Waals surface area contributed by atoms with Crippen LogP contribution in [0.5, 0.6) is 0 Å². The number of benzene rings is 2. The van der Waals surface area contributed by atoms with Gasteiger partial charge in [0.25, 0.3) is 11.5 Å². The van der Waals surface area contributed by atoms with Gasteiger partial charge >= 0.3 is 0 Å². The molecular formula is C20H18N4O3. The van der Waals surface area contributed by atoms with Gasteiger partial charge in [0.15, 0.2) is 5.69 Å². The second kappa shape index (κ2) is 7.05. The smallest absolute Gasteiger partial charge is 0.276 e. The summed E-state index contributed by atoms with van der Waals surface area (Å²) in [5, 5.41) is 3.62. The zero-order chi connectivity index (χ0) is 18.8. The molecule has 4 rings (SSSR count). The monoisotopic (exact) mass is 362 g/mol. The van der Waals surface area contributed by atoms with Gasteiger partial charge < -0.3 is 20.0 Å². The third-order valence-corrected chi connectivity index (χ3v) is 4.33. The Kier molecular flexibility index (Phi) is 4.43. The average Bonchev–Trinajstić information content (AvgIpc) is 3.10. The molecule has 4 aromatic rings. The molecule has 0 spiro atoms. The Morgan fingerprint density at radius 1 is 1.11 bits per heavy atom. The Bertz CT molecular complexity index is 1190. The molecule has 27 heavy (non-hydrogen) atoms. The Balaban J connectivity index is 1.71. The van der Waals surface area contributed by atoms with Crippen LogP contribution in [0.4, 0.5) is 0 Å². The molecule has 1 amide bonds. The number of hydrogen-bond acceptors (Lipinski definition) is 4. The van der Waals surface area contributed by atoms with Gasteiger partial charge in [0.2, 0.25) is 0 Å². The molecule has 2 aromatic heterocycles. The lowest BCUT2D eigenvalue weighted by molar-refractivity contribution is 0.0937. The van der Waals surface area contributed by atoms with Crippen LogP contribution in [0.3, 0.4) is 0 Å². The normalized spacial score (nSPS) is 11.1. The molecule has 2 aromatic carbocycles. The highest BCUT2D eigenvalue weighted by Gasteiger charge is 2.12. The number of fused-ring (bicyclic) bond motifs is 2. The third-order valence-electron chi connectivity index (χ3n) is 4.33. The van der Waals surface area contributed by atoms with Crippen molar-refractivity contribution in [3.05, 3.63) is 64.4 Å². The quantitative estimate of drug-likeness (QED) is 0.475. The lowest BCUT2D eigenvalue weighted by atomic mass is 10.1. The van der Waals surface area contributed by atoms with Crippen molar-refractivity contribution in [2.45, 2.75) is 0 Å². The predicted octanol–water partition coefficient (Wildman–Crippen LogP) is 2.45. The number of carbonyl (C=O) groups excluding carboxylic acids is 1. The van der Waals surface area contributed by atoms with Crippen LogP contribution in [0.2, 0.25) is 0 Å². The Hall–Kier alpha value is -3.45. The molecule has 0 atom stereocenters. The van der Waals surface area contributed by atoms with Gasteiger partial charge in [-0.2, -0.15) is 0 Å². The fraction of sp³-hybridized carbons (Fsp3) is 0.150. The molecule has 7 nitrogen and oxygen atoms in total. The third kappa shape index (κ3) is 3.32. The maximum absolute atomic E-state index is 12.4. The van der Waals surface area contributed by atoms with E-state index in [1.165, 1.54) is 0 Å². The van der Waals surface area contributed by atoms with Gasteiger partial charge in [0, 0.05) is 30.1 Å². The maximum Gasteiger partial charge on any atom is 0.276 e. The second-order valence-corrected chi connectivity index (χ2v) is 6.17. The number of nitrogens with zero attached hydrogens (tertiary/aromatic N) is 1. The van der Waals surface area contributed by atoms with E-state index >= 15 is 0 Å². The first-order valence-corrected chi connectivity index (χ1v) is 8.55. The van der Waals surface area contributed by atoms with Gasteiger partial charge in [-0.05, 0) is 36.4 Å². The van der Waals surface area contributed by atoms with Crippen molar-refractivity contribution in [3.8, 4) is 11.4 Å².